The zero-order valence-corrected chi connectivity index (χ0v) is 12.3. The van der Waals surface area contributed by atoms with Crippen LogP contribution in [-0.2, 0) is 19.0 Å². The van der Waals surface area contributed by atoms with Gasteiger partial charge in [-0.05, 0) is 31.9 Å². The molecule has 0 radical (unpaired) electrons. The van der Waals surface area contributed by atoms with Crippen LogP contribution in [0.4, 0.5) is 0 Å². The highest BCUT2D eigenvalue weighted by atomic mass is 32.2. The lowest BCUT2D eigenvalue weighted by molar-refractivity contribution is 0.155. The third-order valence-corrected chi connectivity index (χ3v) is 4.62. The molecule has 1 aromatic rings. The molecule has 1 aliphatic heterocycles. The second kappa shape index (κ2) is 6.67. The molecule has 0 amide bonds. The summed E-state index contributed by atoms with van der Waals surface area (Å²) in [4.78, 5) is 0.144. The smallest absolute Gasteiger partial charge is 0.296 e. The van der Waals surface area contributed by atoms with E-state index in [1.165, 1.54) is 12.1 Å². The predicted molar refractivity (Wildman–Crippen MR) is 73.9 cm³/mol. The molecule has 0 bridgehead atoms. The number of benzene rings is 1. The molecule has 0 aliphatic carbocycles. The van der Waals surface area contributed by atoms with Crippen molar-refractivity contribution in [3.63, 3.8) is 0 Å². The van der Waals surface area contributed by atoms with Crippen LogP contribution in [-0.4, -0.2) is 39.4 Å². The maximum atomic E-state index is 12.0. The number of rotatable bonds is 8. The van der Waals surface area contributed by atoms with Crippen molar-refractivity contribution in [3.8, 4) is 0 Å². The first-order valence-corrected chi connectivity index (χ1v) is 8.10. The first kappa shape index (κ1) is 15.4. The Morgan fingerprint density at radius 2 is 2.05 bits per heavy atom. The molecule has 6 heteroatoms. The maximum absolute atomic E-state index is 12.0. The van der Waals surface area contributed by atoms with Crippen molar-refractivity contribution in [3.05, 3.63) is 29.8 Å². The summed E-state index contributed by atoms with van der Waals surface area (Å²) in [5.74, 6) is -0.181. The standard InChI is InChI=1S/C14H20O5S/c1-11-2-6-14(7-3-11)20(16,17)19-9-12(8-15)4-5-13-10-18-13/h2-3,6-7,12-13,15H,4-5,8-10H2,1H3. The maximum Gasteiger partial charge on any atom is 0.296 e. The minimum absolute atomic E-state index is 0.000566. The average molecular weight is 300 g/mol. The number of epoxide rings is 1. The molecule has 0 aromatic heterocycles. The largest absolute Gasteiger partial charge is 0.396 e. The number of aliphatic hydroxyl groups is 1. The Hall–Kier alpha value is -0.950. The number of ether oxygens (including phenoxy) is 1. The van der Waals surface area contributed by atoms with Crippen LogP contribution < -0.4 is 0 Å². The van der Waals surface area contributed by atoms with E-state index in [0.29, 0.717) is 6.42 Å². The van der Waals surface area contributed by atoms with Gasteiger partial charge in [0.15, 0.2) is 0 Å². The third-order valence-electron chi connectivity index (χ3n) is 3.33. The van der Waals surface area contributed by atoms with Crippen LogP contribution in [0.15, 0.2) is 29.2 Å². The van der Waals surface area contributed by atoms with Crippen LogP contribution in [0.3, 0.4) is 0 Å². The monoisotopic (exact) mass is 300 g/mol. The fraction of sp³-hybridized carbons (Fsp3) is 0.571. The normalized spacial score (nSPS) is 19.8. The molecule has 5 nitrogen and oxygen atoms in total. The molecular formula is C14H20O5S. The summed E-state index contributed by atoms with van der Waals surface area (Å²) in [5.41, 5.74) is 0.988. The molecule has 112 valence electrons. The molecule has 0 saturated carbocycles. The first-order valence-electron chi connectivity index (χ1n) is 6.70. The van der Waals surface area contributed by atoms with Crippen LogP contribution in [0.25, 0.3) is 0 Å². The highest BCUT2D eigenvalue weighted by molar-refractivity contribution is 7.86. The second-order valence-corrected chi connectivity index (χ2v) is 6.75. The highest BCUT2D eigenvalue weighted by Gasteiger charge is 2.24. The van der Waals surface area contributed by atoms with E-state index >= 15 is 0 Å². The Balaban J connectivity index is 1.88. The number of hydrogen-bond donors (Lipinski definition) is 1. The zero-order chi connectivity index (χ0) is 14.6. The van der Waals surface area contributed by atoms with Crippen molar-refractivity contribution >= 4 is 10.1 Å². The SMILES string of the molecule is Cc1ccc(S(=O)(=O)OCC(CO)CCC2CO2)cc1. The summed E-state index contributed by atoms with van der Waals surface area (Å²) in [6.07, 6.45) is 1.81. The van der Waals surface area contributed by atoms with E-state index in [4.69, 9.17) is 8.92 Å². The molecule has 0 spiro atoms. The van der Waals surface area contributed by atoms with Gasteiger partial charge in [0.2, 0.25) is 0 Å². The van der Waals surface area contributed by atoms with Crippen LogP contribution in [0, 0.1) is 12.8 Å². The summed E-state index contributed by atoms with van der Waals surface area (Å²) in [7, 11) is -3.75. The van der Waals surface area contributed by atoms with Gasteiger partial charge in [0.25, 0.3) is 10.1 Å². The molecule has 1 heterocycles. The lowest BCUT2D eigenvalue weighted by Gasteiger charge is -2.13. The van der Waals surface area contributed by atoms with Crippen molar-refractivity contribution in [2.24, 2.45) is 5.92 Å². The Labute approximate surface area is 119 Å². The molecule has 1 aliphatic rings. The zero-order valence-electron chi connectivity index (χ0n) is 11.5. The first-order chi connectivity index (χ1) is 9.51. The van der Waals surface area contributed by atoms with Crippen molar-refractivity contribution in [1.29, 1.82) is 0 Å². The number of aliphatic hydroxyl groups excluding tert-OH is 1. The molecule has 1 N–H and O–H groups in total. The quantitative estimate of drug-likeness (QED) is 0.581. The average Bonchev–Trinajstić information content (AvgIpc) is 3.23. The second-order valence-electron chi connectivity index (χ2n) is 5.13. The molecule has 1 saturated heterocycles. The van der Waals surface area contributed by atoms with E-state index in [1.54, 1.807) is 12.1 Å². The molecule has 2 unspecified atom stereocenters. The van der Waals surface area contributed by atoms with E-state index in [9.17, 15) is 13.5 Å². The predicted octanol–water partition coefficient (Wildman–Crippen LogP) is 1.49. The molecule has 2 atom stereocenters. The molecule has 1 fully saturated rings. The van der Waals surface area contributed by atoms with Gasteiger partial charge in [0, 0.05) is 12.5 Å². The number of aryl methyl sites for hydroxylation is 1. The summed E-state index contributed by atoms with van der Waals surface area (Å²) >= 11 is 0. The molecular weight excluding hydrogens is 280 g/mol. The molecule has 2 rings (SSSR count). The van der Waals surface area contributed by atoms with Gasteiger partial charge < -0.3 is 9.84 Å². The van der Waals surface area contributed by atoms with Crippen molar-refractivity contribution in [2.75, 3.05) is 19.8 Å². The van der Waals surface area contributed by atoms with Gasteiger partial charge in [-0.3, -0.25) is 4.18 Å². The lowest BCUT2D eigenvalue weighted by atomic mass is 10.0. The van der Waals surface area contributed by atoms with Gasteiger partial charge in [-0.1, -0.05) is 17.7 Å². The summed E-state index contributed by atoms with van der Waals surface area (Å²) < 4.78 is 34.1. The van der Waals surface area contributed by atoms with Crippen LogP contribution in [0.5, 0.6) is 0 Å². The minimum Gasteiger partial charge on any atom is -0.396 e. The van der Waals surface area contributed by atoms with Gasteiger partial charge in [0.1, 0.15) is 0 Å². The lowest BCUT2D eigenvalue weighted by Crippen LogP contribution is -2.18. The minimum atomic E-state index is -3.75. The third kappa shape index (κ3) is 4.56. The Morgan fingerprint density at radius 3 is 2.60 bits per heavy atom. The molecule has 1 aromatic carbocycles. The van der Waals surface area contributed by atoms with Crippen molar-refractivity contribution < 1.29 is 22.4 Å². The van der Waals surface area contributed by atoms with Gasteiger partial charge in [0.05, 0.1) is 24.2 Å². The van der Waals surface area contributed by atoms with Crippen LogP contribution in [0.1, 0.15) is 18.4 Å². The van der Waals surface area contributed by atoms with Gasteiger partial charge in [-0.2, -0.15) is 8.42 Å². The van der Waals surface area contributed by atoms with E-state index < -0.39 is 10.1 Å². The fourth-order valence-electron chi connectivity index (χ4n) is 1.84. The highest BCUT2D eigenvalue weighted by Crippen LogP contribution is 2.20. The van der Waals surface area contributed by atoms with Gasteiger partial charge in [-0.25, -0.2) is 0 Å². The van der Waals surface area contributed by atoms with Gasteiger partial charge in [-0.15, -0.1) is 0 Å². The Kier molecular flexibility index (Phi) is 5.15. The van der Waals surface area contributed by atoms with Crippen molar-refractivity contribution in [2.45, 2.75) is 30.8 Å². The van der Waals surface area contributed by atoms with Gasteiger partial charge >= 0.3 is 0 Å². The van der Waals surface area contributed by atoms with Crippen molar-refractivity contribution in [1.82, 2.24) is 0 Å². The number of hydrogen-bond acceptors (Lipinski definition) is 5. The Morgan fingerprint density at radius 1 is 1.40 bits per heavy atom. The molecule has 20 heavy (non-hydrogen) atoms. The van der Waals surface area contributed by atoms with E-state index in [-0.39, 0.29) is 30.1 Å². The van der Waals surface area contributed by atoms with E-state index in [2.05, 4.69) is 0 Å². The van der Waals surface area contributed by atoms with E-state index in [1.807, 2.05) is 6.92 Å². The van der Waals surface area contributed by atoms with Crippen LogP contribution >= 0.6 is 0 Å². The van der Waals surface area contributed by atoms with Crippen LogP contribution in [0.2, 0.25) is 0 Å². The summed E-state index contributed by atoms with van der Waals surface area (Å²) in [5, 5.41) is 9.25. The summed E-state index contributed by atoms with van der Waals surface area (Å²) in [6, 6.07) is 6.50. The Bertz CT molecular complexity index is 519. The fourth-order valence-corrected chi connectivity index (χ4v) is 2.82. The van der Waals surface area contributed by atoms with E-state index in [0.717, 1.165) is 18.6 Å². The summed E-state index contributed by atoms with van der Waals surface area (Å²) in [6.45, 7) is 2.56. The topological polar surface area (TPSA) is 76.1 Å².